The third-order valence-electron chi connectivity index (χ3n) is 6.75. The SMILES string of the molecule is COc1cc(/C=C/C(=O)N[C@@H](CC(=O)N[C@H](C(=O)[C@@H]2C(=O)NC(=O)[C@H]2C)C(C)C)c2ccccc2)cc(OC)c1. The second-order valence-electron chi connectivity index (χ2n) is 9.97. The first-order chi connectivity index (χ1) is 19.0. The van der Waals surface area contributed by atoms with Gasteiger partial charge in [-0.2, -0.15) is 0 Å². The number of rotatable bonds is 12. The number of carbonyl (C=O) groups excluding carboxylic acids is 5. The van der Waals surface area contributed by atoms with Gasteiger partial charge in [-0.1, -0.05) is 51.1 Å². The first-order valence-electron chi connectivity index (χ1n) is 13.0. The van der Waals surface area contributed by atoms with E-state index in [0.717, 1.165) is 0 Å². The normalized spacial score (nSPS) is 18.2. The van der Waals surface area contributed by atoms with E-state index in [0.29, 0.717) is 22.6 Å². The highest BCUT2D eigenvalue weighted by atomic mass is 16.5. The van der Waals surface area contributed by atoms with Crippen LogP contribution < -0.4 is 25.4 Å². The van der Waals surface area contributed by atoms with Gasteiger partial charge in [0, 0.05) is 12.1 Å². The van der Waals surface area contributed by atoms with Crippen LogP contribution in [0.5, 0.6) is 11.5 Å². The minimum absolute atomic E-state index is 0.154. The Hall–Kier alpha value is -4.47. The predicted octanol–water partition coefficient (Wildman–Crippen LogP) is 2.58. The molecule has 1 heterocycles. The van der Waals surface area contributed by atoms with Gasteiger partial charge < -0.3 is 20.1 Å². The second-order valence-corrected chi connectivity index (χ2v) is 9.97. The molecule has 1 aliphatic rings. The minimum atomic E-state index is -1.16. The number of hydrogen-bond donors (Lipinski definition) is 3. The predicted molar refractivity (Wildman–Crippen MR) is 148 cm³/mol. The first kappa shape index (κ1) is 30.1. The molecule has 4 atom stereocenters. The van der Waals surface area contributed by atoms with Gasteiger partial charge in [0.15, 0.2) is 5.78 Å². The Balaban J connectivity index is 1.74. The number of ketones is 1. The third kappa shape index (κ3) is 7.56. The van der Waals surface area contributed by atoms with Crippen molar-refractivity contribution in [1.82, 2.24) is 16.0 Å². The van der Waals surface area contributed by atoms with Gasteiger partial charge in [-0.15, -0.1) is 0 Å². The fourth-order valence-electron chi connectivity index (χ4n) is 4.50. The van der Waals surface area contributed by atoms with Crippen LogP contribution in [0.3, 0.4) is 0 Å². The van der Waals surface area contributed by atoms with E-state index in [1.807, 2.05) is 6.07 Å². The van der Waals surface area contributed by atoms with E-state index >= 15 is 0 Å². The highest BCUT2D eigenvalue weighted by Gasteiger charge is 2.46. The zero-order valence-electron chi connectivity index (χ0n) is 23.2. The summed E-state index contributed by atoms with van der Waals surface area (Å²) < 4.78 is 10.5. The molecule has 1 saturated heterocycles. The van der Waals surface area contributed by atoms with E-state index in [2.05, 4.69) is 16.0 Å². The van der Waals surface area contributed by atoms with Crippen molar-refractivity contribution in [2.24, 2.45) is 17.8 Å². The molecule has 0 aliphatic carbocycles. The molecule has 4 amide bonds. The van der Waals surface area contributed by atoms with E-state index < -0.39 is 53.3 Å². The molecule has 1 fully saturated rings. The van der Waals surface area contributed by atoms with Crippen LogP contribution in [0.1, 0.15) is 44.4 Å². The molecule has 10 heteroatoms. The summed E-state index contributed by atoms with van der Waals surface area (Å²) in [4.78, 5) is 63.4. The summed E-state index contributed by atoms with van der Waals surface area (Å²) in [6.45, 7) is 5.01. The summed E-state index contributed by atoms with van der Waals surface area (Å²) in [7, 11) is 3.06. The molecule has 0 radical (unpaired) electrons. The van der Waals surface area contributed by atoms with Crippen molar-refractivity contribution in [3.63, 3.8) is 0 Å². The maximum absolute atomic E-state index is 13.2. The van der Waals surface area contributed by atoms with Crippen LogP contribution in [0.4, 0.5) is 0 Å². The molecule has 2 aromatic rings. The highest BCUT2D eigenvalue weighted by molar-refractivity contribution is 6.16. The molecule has 1 aliphatic heterocycles. The lowest BCUT2D eigenvalue weighted by atomic mass is 9.85. The van der Waals surface area contributed by atoms with Gasteiger partial charge in [-0.05, 0) is 35.3 Å². The van der Waals surface area contributed by atoms with E-state index in [-0.39, 0.29) is 12.3 Å². The highest BCUT2D eigenvalue weighted by Crippen LogP contribution is 2.25. The molecule has 40 heavy (non-hydrogen) atoms. The van der Waals surface area contributed by atoms with Crippen LogP contribution in [-0.4, -0.2) is 49.7 Å². The molecule has 2 aromatic carbocycles. The van der Waals surface area contributed by atoms with E-state index in [1.54, 1.807) is 62.4 Å². The number of hydrogen-bond acceptors (Lipinski definition) is 7. The Labute approximate surface area is 233 Å². The van der Waals surface area contributed by atoms with E-state index in [9.17, 15) is 24.0 Å². The van der Waals surface area contributed by atoms with E-state index in [4.69, 9.17) is 9.47 Å². The summed E-state index contributed by atoms with van der Waals surface area (Å²) in [6, 6.07) is 12.5. The van der Waals surface area contributed by atoms with Crippen LogP contribution in [0.2, 0.25) is 0 Å². The summed E-state index contributed by atoms with van der Waals surface area (Å²) in [6.07, 6.45) is 2.79. The van der Waals surface area contributed by atoms with Crippen LogP contribution in [0.25, 0.3) is 6.08 Å². The number of ether oxygens (including phenoxy) is 2. The number of carbonyl (C=O) groups is 5. The molecule has 0 aromatic heterocycles. The summed E-state index contributed by atoms with van der Waals surface area (Å²) >= 11 is 0. The summed E-state index contributed by atoms with van der Waals surface area (Å²) in [5.74, 6) is -3.77. The average molecular weight is 550 g/mol. The quantitative estimate of drug-likeness (QED) is 0.210. The Morgan fingerprint density at radius 1 is 0.950 bits per heavy atom. The zero-order chi connectivity index (χ0) is 29.4. The molecule has 10 nitrogen and oxygen atoms in total. The maximum Gasteiger partial charge on any atom is 0.244 e. The number of benzene rings is 2. The lowest BCUT2D eigenvalue weighted by Crippen LogP contribution is -2.49. The fraction of sp³-hybridized carbons (Fsp3) is 0.367. The number of amides is 4. The molecule has 212 valence electrons. The lowest BCUT2D eigenvalue weighted by Gasteiger charge is -2.25. The standard InChI is InChI=1S/C30H35N3O7/c1-17(2)27(28(36)26-18(3)29(37)33-30(26)38)32-25(35)16-23(20-9-7-6-8-10-20)31-24(34)12-11-19-13-21(39-4)15-22(14-19)40-5/h6-15,17-18,23,26-27H,16H2,1-5H3,(H,31,34)(H,32,35)(H,33,37,38)/b12-11+/t18-,23-,26+,27-/m0/s1. The Morgan fingerprint density at radius 3 is 2.10 bits per heavy atom. The molecule has 0 spiro atoms. The monoisotopic (exact) mass is 549 g/mol. The number of imide groups is 1. The summed E-state index contributed by atoms with van der Waals surface area (Å²) in [5, 5.41) is 7.76. The average Bonchev–Trinajstić information content (AvgIpc) is 3.20. The zero-order valence-corrected chi connectivity index (χ0v) is 23.2. The molecule has 0 saturated carbocycles. The van der Waals surface area contributed by atoms with Crippen LogP contribution in [-0.2, 0) is 24.0 Å². The minimum Gasteiger partial charge on any atom is -0.497 e. The topological polar surface area (TPSA) is 140 Å². The van der Waals surface area contributed by atoms with Crippen molar-refractivity contribution >= 4 is 35.5 Å². The number of Topliss-reactive ketones (excluding diaryl/α,β-unsaturated/α-hetero) is 1. The first-order valence-corrected chi connectivity index (χ1v) is 13.0. The van der Waals surface area contributed by atoms with Crippen molar-refractivity contribution < 1.29 is 33.4 Å². The number of methoxy groups -OCH3 is 2. The van der Waals surface area contributed by atoms with Crippen molar-refractivity contribution in [3.8, 4) is 11.5 Å². The Morgan fingerprint density at radius 2 is 1.57 bits per heavy atom. The van der Waals surface area contributed by atoms with Gasteiger partial charge in [-0.3, -0.25) is 29.3 Å². The molecular formula is C30H35N3O7. The van der Waals surface area contributed by atoms with Crippen molar-refractivity contribution in [2.45, 2.75) is 39.3 Å². The van der Waals surface area contributed by atoms with Crippen molar-refractivity contribution in [1.29, 1.82) is 0 Å². The van der Waals surface area contributed by atoms with Gasteiger partial charge in [-0.25, -0.2) is 0 Å². The van der Waals surface area contributed by atoms with Crippen LogP contribution in [0.15, 0.2) is 54.6 Å². The molecule has 0 unspecified atom stereocenters. The van der Waals surface area contributed by atoms with Gasteiger partial charge in [0.25, 0.3) is 0 Å². The molecule has 0 bridgehead atoms. The fourth-order valence-corrected chi connectivity index (χ4v) is 4.50. The second kappa shape index (κ2) is 13.5. The lowest BCUT2D eigenvalue weighted by molar-refractivity contribution is -0.137. The molecule has 3 rings (SSSR count). The molecule has 3 N–H and O–H groups in total. The molecular weight excluding hydrogens is 514 g/mol. The largest absolute Gasteiger partial charge is 0.497 e. The van der Waals surface area contributed by atoms with Gasteiger partial charge in [0.05, 0.1) is 38.6 Å². The Bertz CT molecular complexity index is 1270. The van der Waals surface area contributed by atoms with Crippen LogP contribution >= 0.6 is 0 Å². The Kier molecular flexibility index (Phi) is 10.2. The maximum atomic E-state index is 13.2. The van der Waals surface area contributed by atoms with Gasteiger partial charge >= 0.3 is 0 Å². The number of nitrogens with one attached hydrogen (secondary N) is 3. The smallest absolute Gasteiger partial charge is 0.244 e. The van der Waals surface area contributed by atoms with E-state index in [1.165, 1.54) is 27.2 Å². The van der Waals surface area contributed by atoms with Crippen LogP contribution in [0, 0.1) is 17.8 Å². The summed E-state index contributed by atoms with van der Waals surface area (Å²) in [5.41, 5.74) is 1.38. The van der Waals surface area contributed by atoms with Crippen molar-refractivity contribution in [2.75, 3.05) is 14.2 Å². The van der Waals surface area contributed by atoms with Gasteiger partial charge in [0.1, 0.15) is 17.4 Å². The van der Waals surface area contributed by atoms with Gasteiger partial charge in [0.2, 0.25) is 23.6 Å². The third-order valence-corrected chi connectivity index (χ3v) is 6.75. The van der Waals surface area contributed by atoms with Crippen molar-refractivity contribution in [3.05, 3.63) is 65.7 Å².